The first-order chi connectivity index (χ1) is 18.8. The van der Waals surface area contributed by atoms with Crippen molar-refractivity contribution in [1.29, 1.82) is 0 Å². The number of ether oxygens (including phenoxy) is 1. The molecule has 0 spiro atoms. The topological polar surface area (TPSA) is 75.6 Å². The van der Waals surface area contributed by atoms with Crippen molar-refractivity contribution in [2.24, 2.45) is 0 Å². The molecule has 218 valence electrons. The second-order valence-electron chi connectivity index (χ2n) is 8.99. The maximum absolute atomic E-state index is 15.4. The summed E-state index contributed by atoms with van der Waals surface area (Å²) in [5, 5.41) is 12.2. The maximum atomic E-state index is 15.4. The van der Waals surface area contributed by atoms with Crippen molar-refractivity contribution in [3.63, 3.8) is 0 Å². The van der Waals surface area contributed by atoms with Crippen LogP contribution in [0.25, 0.3) is 11.1 Å². The van der Waals surface area contributed by atoms with E-state index in [-0.39, 0.29) is 30.6 Å². The summed E-state index contributed by atoms with van der Waals surface area (Å²) in [5.41, 5.74) is -3.33. The summed E-state index contributed by atoms with van der Waals surface area (Å²) >= 11 is 0. The number of rotatable bonds is 14. The van der Waals surface area contributed by atoms with Gasteiger partial charge in [-0.05, 0) is 61.9 Å². The van der Waals surface area contributed by atoms with Gasteiger partial charge in [0, 0.05) is 23.6 Å². The molecular weight excluding hydrogens is 540 g/mol. The quantitative estimate of drug-likeness (QED) is 0.114. The van der Waals surface area contributed by atoms with Gasteiger partial charge < -0.3 is 15.2 Å². The highest BCUT2D eigenvalue weighted by Gasteiger charge is 2.38. The van der Waals surface area contributed by atoms with E-state index in [0.717, 1.165) is 12.1 Å². The summed E-state index contributed by atoms with van der Waals surface area (Å²) in [4.78, 5) is 24.8. The van der Waals surface area contributed by atoms with Crippen LogP contribution in [0.15, 0.2) is 49.6 Å². The molecule has 0 aliphatic heterocycles. The van der Waals surface area contributed by atoms with Crippen molar-refractivity contribution in [2.45, 2.75) is 63.8 Å². The largest absolute Gasteiger partial charge is 0.466 e. The van der Waals surface area contributed by atoms with Crippen LogP contribution in [0.2, 0.25) is 0 Å². The summed E-state index contributed by atoms with van der Waals surface area (Å²) in [7, 11) is 0. The molecule has 0 heterocycles. The predicted molar refractivity (Wildman–Crippen MR) is 137 cm³/mol. The van der Waals surface area contributed by atoms with E-state index in [9.17, 15) is 32.3 Å². The Morgan fingerprint density at radius 1 is 1.07 bits per heavy atom. The Morgan fingerprint density at radius 2 is 1.77 bits per heavy atom. The van der Waals surface area contributed by atoms with Crippen LogP contribution in [-0.4, -0.2) is 29.7 Å². The number of benzene rings is 2. The van der Waals surface area contributed by atoms with Gasteiger partial charge in [0.15, 0.2) is 0 Å². The number of esters is 1. The van der Waals surface area contributed by atoms with Gasteiger partial charge in [0.1, 0.15) is 23.6 Å². The fraction of sp³-hybridized carbons (Fsp3) is 0.379. The monoisotopic (exact) mass is 571 g/mol. The van der Waals surface area contributed by atoms with E-state index in [1.165, 1.54) is 13.0 Å². The third-order valence-corrected chi connectivity index (χ3v) is 6.00. The second kappa shape index (κ2) is 14.7. The summed E-state index contributed by atoms with van der Waals surface area (Å²) in [6, 6.07) is 1.04. The van der Waals surface area contributed by atoms with Crippen LogP contribution in [0.3, 0.4) is 0 Å². The maximum Gasteiger partial charge on any atom is 0.419 e. The first-order valence-electron chi connectivity index (χ1n) is 12.6. The Balaban J connectivity index is 2.77. The number of aryl methyl sites for hydroxylation is 1. The molecule has 2 atom stereocenters. The van der Waals surface area contributed by atoms with Crippen LogP contribution >= 0.6 is 0 Å². The summed E-state index contributed by atoms with van der Waals surface area (Å²) in [6.45, 7) is 8.33. The van der Waals surface area contributed by atoms with Crippen molar-refractivity contribution in [3.8, 4) is 11.1 Å². The number of alkyl halides is 3. The number of hydrogen-bond donors (Lipinski definition) is 2. The van der Waals surface area contributed by atoms with Crippen LogP contribution in [0, 0.1) is 17.5 Å². The van der Waals surface area contributed by atoms with Crippen molar-refractivity contribution in [1.82, 2.24) is 5.32 Å². The smallest absolute Gasteiger partial charge is 0.419 e. The van der Waals surface area contributed by atoms with Gasteiger partial charge in [0.2, 0.25) is 5.91 Å². The Labute approximate surface area is 228 Å². The highest BCUT2D eigenvalue weighted by Crippen LogP contribution is 2.40. The molecule has 0 aliphatic rings. The molecule has 2 rings (SSSR count). The molecule has 2 aromatic rings. The average molecular weight is 572 g/mol. The molecule has 2 aromatic carbocycles. The molecular formula is C29H31F6NO4. The molecule has 11 heteroatoms. The van der Waals surface area contributed by atoms with E-state index >= 15 is 8.78 Å². The van der Waals surface area contributed by atoms with Gasteiger partial charge in [-0.1, -0.05) is 12.2 Å². The van der Waals surface area contributed by atoms with Crippen LogP contribution in [0.1, 0.15) is 61.8 Å². The Kier molecular flexibility index (Phi) is 12.0. The number of aliphatic hydroxyl groups is 1. The lowest BCUT2D eigenvalue weighted by Gasteiger charge is -2.24. The molecule has 0 saturated heterocycles. The Hall–Kier alpha value is -3.60. The number of hydrogen-bond acceptors (Lipinski definition) is 4. The van der Waals surface area contributed by atoms with E-state index in [1.54, 1.807) is 6.08 Å². The SMILES string of the molecule is C=CCCCCc1cc(F)cc(F)c1-c1cc([C@H](CC(=O)OCC)NC(=O)[C@H](O)CC=C)c(F)c(C(F)(F)F)c1. The average Bonchev–Trinajstić information content (AvgIpc) is 2.86. The van der Waals surface area contributed by atoms with Crippen LogP contribution in [-0.2, 0) is 26.9 Å². The van der Waals surface area contributed by atoms with Crippen LogP contribution < -0.4 is 5.32 Å². The first-order valence-corrected chi connectivity index (χ1v) is 12.6. The number of unbranched alkanes of at least 4 members (excludes halogenated alkanes) is 2. The zero-order valence-corrected chi connectivity index (χ0v) is 21.9. The minimum absolute atomic E-state index is 0.0552. The van der Waals surface area contributed by atoms with Crippen molar-refractivity contribution >= 4 is 11.9 Å². The molecule has 0 fully saturated rings. The fourth-order valence-electron chi connectivity index (χ4n) is 4.16. The molecule has 0 saturated carbocycles. The number of halogens is 6. The van der Waals surface area contributed by atoms with Gasteiger partial charge in [-0.15, -0.1) is 13.2 Å². The zero-order valence-electron chi connectivity index (χ0n) is 21.9. The van der Waals surface area contributed by atoms with Gasteiger partial charge in [-0.3, -0.25) is 9.59 Å². The highest BCUT2D eigenvalue weighted by molar-refractivity contribution is 5.82. The lowest BCUT2D eigenvalue weighted by molar-refractivity contribution is -0.144. The van der Waals surface area contributed by atoms with E-state index < -0.39 is 70.8 Å². The molecule has 0 unspecified atom stereocenters. The summed E-state index contributed by atoms with van der Waals surface area (Å²) in [6.07, 6.45) is -3.36. The van der Waals surface area contributed by atoms with Gasteiger partial charge >= 0.3 is 12.1 Å². The predicted octanol–water partition coefficient (Wildman–Crippen LogP) is 6.74. The molecule has 0 radical (unpaired) electrons. The standard InChI is InChI=1S/C29H31F6NO4/c1-4-7-8-9-11-17-12-19(30)15-22(31)26(17)18-13-20(27(32)21(14-18)29(33,34)35)23(16-25(38)40-6-3)36-28(39)24(37)10-5-2/h4-5,12-15,23-24,37H,1-2,6-11,16H2,3H3,(H,36,39)/t23-,24+/m0/s1. The van der Waals surface area contributed by atoms with Crippen LogP contribution in [0.5, 0.6) is 0 Å². The number of carbonyl (C=O) groups is 2. The van der Waals surface area contributed by atoms with E-state index in [4.69, 9.17) is 4.74 Å². The Morgan fingerprint density at radius 3 is 2.38 bits per heavy atom. The highest BCUT2D eigenvalue weighted by atomic mass is 19.4. The minimum atomic E-state index is -5.25. The number of amides is 1. The van der Waals surface area contributed by atoms with Gasteiger partial charge in [-0.2, -0.15) is 13.2 Å². The molecule has 0 aliphatic carbocycles. The van der Waals surface area contributed by atoms with Crippen LogP contribution in [0.4, 0.5) is 26.3 Å². The van der Waals surface area contributed by atoms with Gasteiger partial charge in [0.05, 0.1) is 24.6 Å². The normalized spacial score (nSPS) is 12.9. The molecule has 2 N–H and O–H groups in total. The summed E-state index contributed by atoms with van der Waals surface area (Å²) < 4.78 is 91.5. The van der Waals surface area contributed by atoms with Crippen molar-refractivity contribution in [3.05, 3.63) is 83.7 Å². The second-order valence-corrected chi connectivity index (χ2v) is 8.99. The minimum Gasteiger partial charge on any atom is -0.466 e. The molecule has 1 amide bonds. The molecule has 0 bridgehead atoms. The fourth-order valence-corrected chi connectivity index (χ4v) is 4.16. The number of allylic oxidation sites excluding steroid dienone is 1. The van der Waals surface area contributed by atoms with Gasteiger partial charge in [0.25, 0.3) is 0 Å². The molecule has 5 nitrogen and oxygen atoms in total. The number of carbonyl (C=O) groups excluding carboxylic acids is 2. The van der Waals surface area contributed by atoms with Crippen molar-refractivity contribution < 1.29 is 45.8 Å². The summed E-state index contributed by atoms with van der Waals surface area (Å²) in [5.74, 6) is -6.00. The Bertz CT molecular complexity index is 1230. The van der Waals surface area contributed by atoms with Crippen molar-refractivity contribution in [2.75, 3.05) is 6.61 Å². The third-order valence-electron chi connectivity index (χ3n) is 6.00. The van der Waals surface area contributed by atoms with E-state index in [2.05, 4.69) is 18.5 Å². The van der Waals surface area contributed by atoms with Gasteiger partial charge in [-0.25, -0.2) is 13.2 Å². The molecule has 40 heavy (non-hydrogen) atoms. The molecule has 0 aromatic heterocycles. The third kappa shape index (κ3) is 8.70. The zero-order chi connectivity index (χ0) is 30.0. The first kappa shape index (κ1) is 32.6. The number of nitrogens with one attached hydrogen (secondary N) is 1. The van der Waals surface area contributed by atoms with E-state index in [1.807, 2.05) is 0 Å². The van der Waals surface area contributed by atoms with E-state index in [0.29, 0.717) is 31.4 Å². The lowest BCUT2D eigenvalue weighted by atomic mass is 9.90. The lowest BCUT2D eigenvalue weighted by Crippen LogP contribution is -2.38. The number of aliphatic hydroxyl groups excluding tert-OH is 1.